The fraction of sp³-hybridized carbons (Fsp3) is 0.214. The molecule has 1 aromatic carbocycles. The standard InChI is InChI=1S/C14H14O3/c1-3-4-10-12-14(2,17-13(15)16-12)11-8-6-5-7-9-11/h3-10,12H,1H2,2H3/b10-4+. The molecule has 0 spiro atoms. The Bertz CT molecular complexity index is 450. The molecule has 88 valence electrons. The molecule has 3 heteroatoms. The van der Waals surface area contributed by atoms with Crippen LogP contribution in [0.2, 0.25) is 0 Å². The van der Waals surface area contributed by atoms with E-state index in [1.807, 2.05) is 37.3 Å². The summed E-state index contributed by atoms with van der Waals surface area (Å²) in [5.41, 5.74) is 0.127. The van der Waals surface area contributed by atoms with Crippen LogP contribution in [-0.2, 0) is 15.1 Å². The number of benzene rings is 1. The van der Waals surface area contributed by atoms with Crippen LogP contribution in [-0.4, -0.2) is 12.3 Å². The summed E-state index contributed by atoms with van der Waals surface area (Å²) in [5, 5.41) is 0. The number of rotatable bonds is 3. The van der Waals surface area contributed by atoms with Crippen LogP contribution in [0.5, 0.6) is 0 Å². The number of cyclic esters (lactones) is 2. The third kappa shape index (κ3) is 2.09. The molecule has 0 radical (unpaired) electrons. The maximum Gasteiger partial charge on any atom is 0.510 e. The number of hydrogen-bond donors (Lipinski definition) is 0. The summed E-state index contributed by atoms with van der Waals surface area (Å²) in [6.07, 6.45) is 4.07. The van der Waals surface area contributed by atoms with E-state index >= 15 is 0 Å². The van der Waals surface area contributed by atoms with Crippen LogP contribution in [0.3, 0.4) is 0 Å². The van der Waals surface area contributed by atoms with Crippen molar-refractivity contribution in [3.05, 3.63) is 60.7 Å². The predicted molar refractivity (Wildman–Crippen MR) is 64.5 cm³/mol. The SMILES string of the molecule is C=C/C=C/C1OC(=O)OC1(C)c1ccccc1. The highest BCUT2D eigenvalue weighted by molar-refractivity contribution is 5.64. The number of allylic oxidation sites excluding steroid dienone is 2. The molecule has 1 aliphatic heterocycles. The maximum absolute atomic E-state index is 11.3. The molecule has 0 N–H and O–H groups in total. The van der Waals surface area contributed by atoms with E-state index in [-0.39, 0.29) is 0 Å². The van der Waals surface area contributed by atoms with Gasteiger partial charge in [0, 0.05) is 0 Å². The van der Waals surface area contributed by atoms with Crippen molar-refractivity contribution >= 4 is 6.16 Å². The minimum atomic E-state index is -0.780. The summed E-state index contributed by atoms with van der Waals surface area (Å²) in [6, 6.07) is 9.55. The molecule has 3 nitrogen and oxygen atoms in total. The molecule has 0 amide bonds. The van der Waals surface area contributed by atoms with Gasteiger partial charge >= 0.3 is 6.16 Å². The Labute approximate surface area is 100 Å². The molecule has 1 heterocycles. The summed E-state index contributed by atoms with van der Waals surface area (Å²) in [7, 11) is 0. The predicted octanol–water partition coefficient (Wildman–Crippen LogP) is 3.18. The molecule has 2 unspecified atom stereocenters. The van der Waals surface area contributed by atoms with E-state index in [0.29, 0.717) is 0 Å². The Kier molecular flexibility index (Phi) is 3.00. The van der Waals surface area contributed by atoms with Gasteiger partial charge in [0.25, 0.3) is 0 Å². The third-order valence-electron chi connectivity index (χ3n) is 2.83. The topological polar surface area (TPSA) is 35.5 Å². The molecule has 1 aromatic rings. The zero-order chi connectivity index (χ0) is 12.3. The minimum Gasteiger partial charge on any atom is -0.422 e. The number of carbonyl (C=O) groups excluding carboxylic acids is 1. The van der Waals surface area contributed by atoms with Gasteiger partial charge in [-0.2, -0.15) is 0 Å². The Hall–Kier alpha value is -2.03. The van der Waals surface area contributed by atoms with Crippen molar-refractivity contribution in [2.75, 3.05) is 0 Å². The van der Waals surface area contributed by atoms with Crippen LogP contribution >= 0.6 is 0 Å². The molecule has 0 saturated carbocycles. The summed E-state index contributed by atoms with van der Waals surface area (Å²) >= 11 is 0. The first kappa shape index (κ1) is 11.5. The lowest BCUT2D eigenvalue weighted by atomic mass is 9.90. The summed E-state index contributed by atoms with van der Waals surface area (Å²) in [5.74, 6) is 0. The summed E-state index contributed by atoms with van der Waals surface area (Å²) in [4.78, 5) is 11.3. The smallest absolute Gasteiger partial charge is 0.422 e. The first-order valence-electron chi connectivity index (χ1n) is 5.41. The largest absolute Gasteiger partial charge is 0.510 e. The summed E-state index contributed by atoms with van der Waals surface area (Å²) < 4.78 is 10.4. The number of ether oxygens (including phenoxy) is 2. The number of hydrogen-bond acceptors (Lipinski definition) is 3. The Morgan fingerprint density at radius 2 is 2.06 bits per heavy atom. The van der Waals surface area contributed by atoms with E-state index in [4.69, 9.17) is 9.47 Å². The van der Waals surface area contributed by atoms with E-state index in [2.05, 4.69) is 6.58 Å². The van der Waals surface area contributed by atoms with Crippen LogP contribution < -0.4 is 0 Å². The molecule has 0 bridgehead atoms. The van der Waals surface area contributed by atoms with E-state index < -0.39 is 17.9 Å². The summed E-state index contributed by atoms with van der Waals surface area (Å²) in [6.45, 7) is 5.43. The fourth-order valence-corrected chi connectivity index (χ4v) is 1.87. The van der Waals surface area contributed by atoms with E-state index in [1.165, 1.54) is 0 Å². The van der Waals surface area contributed by atoms with Crippen LogP contribution in [0, 0.1) is 0 Å². The Morgan fingerprint density at radius 3 is 2.71 bits per heavy atom. The maximum atomic E-state index is 11.3. The normalized spacial score (nSPS) is 27.8. The van der Waals surface area contributed by atoms with Crippen molar-refractivity contribution in [1.29, 1.82) is 0 Å². The van der Waals surface area contributed by atoms with Gasteiger partial charge < -0.3 is 9.47 Å². The molecule has 0 aromatic heterocycles. The van der Waals surface area contributed by atoms with E-state index in [0.717, 1.165) is 5.56 Å². The van der Waals surface area contributed by atoms with Gasteiger partial charge in [-0.3, -0.25) is 0 Å². The van der Waals surface area contributed by atoms with Crippen LogP contribution in [0.25, 0.3) is 0 Å². The minimum absolute atomic E-state index is 0.435. The molecule has 1 aliphatic rings. The quantitative estimate of drug-likeness (QED) is 0.591. The van der Waals surface area contributed by atoms with E-state index in [9.17, 15) is 4.79 Å². The van der Waals surface area contributed by atoms with Crippen LogP contribution in [0.15, 0.2) is 55.1 Å². The van der Waals surface area contributed by atoms with E-state index in [1.54, 1.807) is 18.2 Å². The average molecular weight is 230 g/mol. The fourth-order valence-electron chi connectivity index (χ4n) is 1.87. The Morgan fingerprint density at radius 1 is 1.35 bits per heavy atom. The van der Waals surface area contributed by atoms with Gasteiger partial charge in [0.15, 0.2) is 11.7 Å². The highest BCUT2D eigenvalue weighted by Crippen LogP contribution is 2.37. The van der Waals surface area contributed by atoms with Gasteiger partial charge in [0.05, 0.1) is 0 Å². The molecule has 0 aliphatic carbocycles. The van der Waals surface area contributed by atoms with Crippen molar-refractivity contribution in [3.8, 4) is 0 Å². The van der Waals surface area contributed by atoms with Crippen molar-refractivity contribution in [1.82, 2.24) is 0 Å². The second-order valence-corrected chi connectivity index (χ2v) is 3.98. The second kappa shape index (κ2) is 4.45. The molecular weight excluding hydrogens is 216 g/mol. The van der Waals surface area contributed by atoms with Gasteiger partial charge in [0.2, 0.25) is 0 Å². The van der Waals surface area contributed by atoms with Gasteiger partial charge in [-0.15, -0.1) is 0 Å². The molecule has 1 saturated heterocycles. The molecule has 1 fully saturated rings. The van der Waals surface area contributed by atoms with Crippen LogP contribution in [0.1, 0.15) is 12.5 Å². The Balaban J connectivity index is 2.36. The lowest BCUT2D eigenvalue weighted by molar-refractivity contribution is 0.0576. The van der Waals surface area contributed by atoms with Crippen molar-refractivity contribution < 1.29 is 14.3 Å². The second-order valence-electron chi connectivity index (χ2n) is 3.98. The van der Waals surface area contributed by atoms with Gasteiger partial charge in [0.1, 0.15) is 0 Å². The van der Waals surface area contributed by atoms with Crippen LogP contribution in [0.4, 0.5) is 4.79 Å². The van der Waals surface area contributed by atoms with Crippen molar-refractivity contribution in [2.45, 2.75) is 18.6 Å². The molecule has 17 heavy (non-hydrogen) atoms. The van der Waals surface area contributed by atoms with Crippen molar-refractivity contribution in [2.24, 2.45) is 0 Å². The first-order chi connectivity index (χ1) is 8.16. The van der Waals surface area contributed by atoms with Gasteiger partial charge in [-0.05, 0) is 18.6 Å². The monoisotopic (exact) mass is 230 g/mol. The lowest BCUT2D eigenvalue weighted by Gasteiger charge is -2.25. The lowest BCUT2D eigenvalue weighted by Crippen LogP contribution is -2.32. The molecule has 2 rings (SSSR count). The highest BCUT2D eigenvalue weighted by atomic mass is 16.8. The zero-order valence-corrected chi connectivity index (χ0v) is 9.63. The highest BCUT2D eigenvalue weighted by Gasteiger charge is 2.47. The molecule has 2 atom stereocenters. The van der Waals surface area contributed by atoms with Gasteiger partial charge in [-0.25, -0.2) is 4.79 Å². The molecular formula is C14H14O3. The third-order valence-corrected chi connectivity index (χ3v) is 2.83. The van der Waals surface area contributed by atoms with Crippen molar-refractivity contribution in [3.63, 3.8) is 0 Å². The average Bonchev–Trinajstić information content (AvgIpc) is 2.64. The number of carbonyl (C=O) groups is 1. The zero-order valence-electron chi connectivity index (χ0n) is 9.63. The first-order valence-corrected chi connectivity index (χ1v) is 5.41. The van der Waals surface area contributed by atoms with Gasteiger partial charge in [-0.1, -0.05) is 49.1 Å².